The van der Waals surface area contributed by atoms with Crippen LogP contribution in [0.15, 0.2) is 60.7 Å². The summed E-state index contributed by atoms with van der Waals surface area (Å²) in [5.41, 5.74) is 1.96. The van der Waals surface area contributed by atoms with E-state index in [2.05, 4.69) is 5.32 Å². The van der Waals surface area contributed by atoms with Gasteiger partial charge in [0.25, 0.3) is 11.6 Å². The van der Waals surface area contributed by atoms with Crippen molar-refractivity contribution in [2.24, 2.45) is 5.92 Å². The lowest BCUT2D eigenvalue weighted by molar-refractivity contribution is -0.384. The zero-order chi connectivity index (χ0) is 19.7. The number of fused-ring (bicyclic) bond motifs is 1. The lowest BCUT2D eigenvalue weighted by Crippen LogP contribution is -2.42. The Hall–Kier alpha value is -3.25. The summed E-state index contributed by atoms with van der Waals surface area (Å²) in [5.74, 6) is -0.153. The summed E-state index contributed by atoms with van der Waals surface area (Å²) >= 11 is 0. The van der Waals surface area contributed by atoms with Crippen LogP contribution in [0.3, 0.4) is 0 Å². The molecule has 1 atom stereocenters. The highest BCUT2D eigenvalue weighted by atomic mass is 16.6. The second-order valence-electron chi connectivity index (χ2n) is 7.07. The molecule has 0 aromatic heterocycles. The summed E-state index contributed by atoms with van der Waals surface area (Å²) in [6.45, 7) is 2.92. The summed E-state index contributed by atoms with van der Waals surface area (Å²) in [6, 6.07) is 18.2. The van der Waals surface area contributed by atoms with Gasteiger partial charge in [0.2, 0.25) is 0 Å². The Morgan fingerprint density at radius 2 is 1.89 bits per heavy atom. The number of nitro benzene ring substituents is 1. The standard InChI is InChI=1S/C22H20N2O4/c1-14-9-10-17(24(26)27)11-20(14)22(25)23-21(16-12-28-13-16)19-8-4-6-15-5-2-3-7-18(15)19/h2-11,16,21H,12-13H2,1H3,(H,23,25). The maximum atomic E-state index is 13.0. The van der Waals surface area contributed by atoms with Crippen molar-refractivity contribution >= 4 is 22.4 Å². The monoisotopic (exact) mass is 376 g/mol. The molecule has 1 saturated heterocycles. The minimum absolute atomic E-state index is 0.0931. The summed E-state index contributed by atoms with van der Waals surface area (Å²) in [6.07, 6.45) is 0. The molecule has 1 heterocycles. The van der Waals surface area contributed by atoms with Crippen LogP contribution in [-0.2, 0) is 4.74 Å². The van der Waals surface area contributed by atoms with Gasteiger partial charge in [-0.1, -0.05) is 48.5 Å². The minimum atomic E-state index is -0.488. The Balaban J connectivity index is 1.71. The van der Waals surface area contributed by atoms with Crippen LogP contribution < -0.4 is 5.32 Å². The Labute approximate surface area is 162 Å². The van der Waals surface area contributed by atoms with Crippen LogP contribution in [0.5, 0.6) is 0 Å². The zero-order valence-electron chi connectivity index (χ0n) is 15.4. The molecule has 0 spiro atoms. The molecule has 4 rings (SSSR count). The van der Waals surface area contributed by atoms with E-state index in [1.807, 2.05) is 42.5 Å². The number of carbonyl (C=O) groups excluding carboxylic acids is 1. The van der Waals surface area contributed by atoms with E-state index >= 15 is 0 Å². The lowest BCUT2D eigenvalue weighted by atomic mass is 9.88. The number of nitrogens with zero attached hydrogens (tertiary/aromatic N) is 1. The number of amides is 1. The molecule has 6 nitrogen and oxygen atoms in total. The fraction of sp³-hybridized carbons (Fsp3) is 0.227. The van der Waals surface area contributed by atoms with Gasteiger partial charge in [0, 0.05) is 23.6 Å². The molecule has 6 heteroatoms. The van der Waals surface area contributed by atoms with Gasteiger partial charge in [0.1, 0.15) is 0 Å². The molecule has 0 bridgehead atoms. The number of ether oxygens (including phenoxy) is 1. The molecule has 28 heavy (non-hydrogen) atoms. The first-order chi connectivity index (χ1) is 13.5. The Morgan fingerprint density at radius 1 is 1.14 bits per heavy atom. The molecule has 1 amide bonds. The highest BCUT2D eigenvalue weighted by Gasteiger charge is 2.32. The van der Waals surface area contributed by atoms with Gasteiger partial charge in [-0.15, -0.1) is 0 Å². The van der Waals surface area contributed by atoms with Crippen molar-refractivity contribution in [3.8, 4) is 0 Å². The first kappa shape index (κ1) is 18.1. The van der Waals surface area contributed by atoms with Crippen molar-refractivity contribution in [1.29, 1.82) is 0 Å². The maximum Gasteiger partial charge on any atom is 0.270 e. The van der Waals surface area contributed by atoms with Crippen LogP contribution in [0, 0.1) is 23.0 Å². The molecule has 0 saturated carbocycles. The van der Waals surface area contributed by atoms with E-state index in [1.165, 1.54) is 12.1 Å². The highest BCUT2D eigenvalue weighted by Crippen LogP contribution is 2.33. The number of carbonyl (C=O) groups is 1. The molecular weight excluding hydrogens is 356 g/mol. The van der Waals surface area contributed by atoms with E-state index in [0.717, 1.165) is 16.3 Å². The number of aryl methyl sites for hydroxylation is 1. The first-order valence-electron chi connectivity index (χ1n) is 9.16. The summed E-state index contributed by atoms with van der Waals surface area (Å²) in [5, 5.41) is 16.4. The van der Waals surface area contributed by atoms with E-state index in [1.54, 1.807) is 13.0 Å². The highest BCUT2D eigenvalue weighted by molar-refractivity contribution is 5.97. The molecule has 0 aliphatic carbocycles. The number of benzene rings is 3. The fourth-order valence-electron chi connectivity index (χ4n) is 3.60. The van der Waals surface area contributed by atoms with Gasteiger partial charge in [-0.05, 0) is 28.8 Å². The second-order valence-corrected chi connectivity index (χ2v) is 7.07. The van der Waals surface area contributed by atoms with Crippen molar-refractivity contribution < 1.29 is 14.5 Å². The normalized spacial score (nSPS) is 15.0. The fourth-order valence-corrected chi connectivity index (χ4v) is 3.60. The van der Waals surface area contributed by atoms with Crippen molar-refractivity contribution in [3.05, 3.63) is 87.5 Å². The molecule has 1 aliphatic heterocycles. The summed E-state index contributed by atoms with van der Waals surface area (Å²) in [7, 11) is 0. The number of nitro groups is 1. The molecule has 1 N–H and O–H groups in total. The van der Waals surface area contributed by atoms with Gasteiger partial charge in [-0.2, -0.15) is 0 Å². The smallest absolute Gasteiger partial charge is 0.270 e. The van der Waals surface area contributed by atoms with Gasteiger partial charge >= 0.3 is 0 Å². The second kappa shape index (κ2) is 7.40. The van der Waals surface area contributed by atoms with Crippen LogP contribution in [0.2, 0.25) is 0 Å². The van der Waals surface area contributed by atoms with E-state index in [9.17, 15) is 14.9 Å². The SMILES string of the molecule is Cc1ccc([N+](=O)[O-])cc1C(=O)NC(c1cccc2ccccc12)C1COC1. The number of nitrogens with one attached hydrogen (secondary N) is 1. The van der Waals surface area contributed by atoms with E-state index in [0.29, 0.717) is 24.3 Å². The Bertz CT molecular complexity index is 1050. The van der Waals surface area contributed by atoms with E-state index in [4.69, 9.17) is 4.74 Å². The number of hydrogen-bond acceptors (Lipinski definition) is 4. The molecule has 3 aromatic carbocycles. The molecule has 1 aliphatic rings. The summed E-state index contributed by atoms with van der Waals surface area (Å²) in [4.78, 5) is 23.6. The number of non-ortho nitro benzene ring substituents is 1. The molecule has 1 unspecified atom stereocenters. The molecule has 0 radical (unpaired) electrons. The maximum absolute atomic E-state index is 13.0. The van der Waals surface area contributed by atoms with Gasteiger partial charge in [0.05, 0.1) is 24.2 Å². The average molecular weight is 376 g/mol. The Kier molecular flexibility index (Phi) is 4.79. The van der Waals surface area contributed by atoms with Gasteiger partial charge in [0.15, 0.2) is 0 Å². The first-order valence-corrected chi connectivity index (χ1v) is 9.16. The Morgan fingerprint density at radius 3 is 2.61 bits per heavy atom. The lowest BCUT2D eigenvalue weighted by Gasteiger charge is -2.35. The van der Waals surface area contributed by atoms with Crippen LogP contribution in [-0.4, -0.2) is 24.0 Å². The van der Waals surface area contributed by atoms with Crippen molar-refractivity contribution in [2.75, 3.05) is 13.2 Å². The molecule has 3 aromatic rings. The third kappa shape index (κ3) is 3.34. The van der Waals surface area contributed by atoms with Crippen LogP contribution in [0.1, 0.15) is 27.5 Å². The topological polar surface area (TPSA) is 81.5 Å². The van der Waals surface area contributed by atoms with Crippen molar-refractivity contribution in [1.82, 2.24) is 5.32 Å². The zero-order valence-corrected chi connectivity index (χ0v) is 15.4. The predicted octanol–water partition coefficient (Wildman–Crippen LogP) is 4.17. The van der Waals surface area contributed by atoms with E-state index in [-0.39, 0.29) is 23.6 Å². The third-order valence-electron chi connectivity index (χ3n) is 5.26. The molecule has 1 fully saturated rings. The quantitative estimate of drug-likeness (QED) is 0.535. The molecule has 142 valence electrons. The summed E-state index contributed by atoms with van der Waals surface area (Å²) < 4.78 is 5.37. The molecular formula is C22H20N2O4. The van der Waals surface area contributed by atoms with Crippen LogP contribution in [0.25, 0.3) is 10.8 Å². The largest absolute Gasteiger partial charge is 0.381 e. The minimum Gasteiger partial charge on any atom is -0.381 e. The third-order valence-corrected chi connectivity index (χ3v) is 5.26. The predicted molar refractivity (Wildman–Crippen MR) is 106 cm³/mol. The van der Waals surface area contributed by atoms with Gasteiger partial charge in [-0.25, -0.2) is 0 Å². The number of hydrogen-bond donors (Lipinski definition) is 1. The average Bonchev–Trinajstić information content (AvgIpc) is 2.65. The number of rotatable bonds is 5. The van der Waals surface area contributed by atoms with E-state index < -0.39 is 4.92 Å². The van der Waals surface area contributed by atoms with Crippen LogP contribution in [0.4, 0.5) is 5.69 Å². The van der Waals surface area contributed by atoms with Gasteiger partial charge < -0.3 is 10.1 Å². The van der Waals surface area contributed by atoms with Crippen molar-refractivity contribution in [2.45, 2.75) is 13.0 Å². The van der Waals surface area contributed by atoms with Gasteiger partial charge in [-0.3, -0.25) is 14.9 Å². The van der Waals surface area contributed by atoms with Crippen LogP contribution >= 0.6 is 0 Å². The van der Waals surface area contributed by atoms with Crippen molar-refractivity contribution in [3.63, 3.8) is 0 Å².